The first kappa shape index (κ1) is 14.4. The summed E-state index contributed by atoms with van der Waals surface area (Å²) in [5.74, 6) is 0. The fraction of sp³-hybridized carbons (Fsp3) is 0.385. The van der Waals surface area contributed by atoms with E-state index in [0.29, 0.717) is 17.2 Å². The van der Waals surface area contributed by atoms with Crippen LogP contribution >= 0.6 is 12.2 Å². The number of nitriles is 1. The Balaban J connectivity index is 2.23. The van der Waals surface area contributed by atoms with E-state index >= 15 is 0 Å². The molecule has 1 rings (SSSR count). The van der Waals surface area contributed by atoms with E-state index in [9.17, 15) is 0 Å². The molecule has 0 heterocycles. The Labute approximate surface area is 113 Å². The van der Waals surface area contributed by atoms with E-state index in [2.05, 4.69) is 16.7 Å². The monoisotopic (exact) mass is 263 g/mol. The van der Waals surface area contributed by atoms with Gasteiger partial charge in [-0.15, -0.1) is 0 Å². The molecule has 0 spiro atoms. The molecule has 0 saturated carbocycles. The average molecular weight is 263 g/mol. The van der Waals surface area contributed by atoms with E-state index in [1.807, 2.05) is 12.1 Å². The number of ether oxygens (including phenoxy) is 1. The van der Waals surface area contributed by atoms with Gasteiger partial charge in [0, 0.05) is 26.8 Å². The summed E-state index contributed by atoms with van der Waals surface area (Å²) < 4.78 is 4.94. The maximum Gasteiger partial charge on any atom is 0.166 e. The van der Waals surface area contributed by atoms with Crippen LogP contribution in [0.25, 0.3) is 0 Å². The minimum atomic E-state index is 0.635. The summed E-state index contributed by atoms with van der Waals surface area (Å²) in [6.45, 7) is 2.18. The van der Waals surface area contributed by atoms with Gasteiger partial charge in [-0.2, -0.15) is 5.26 Å². The van der Waals surface area contributed by atoms with Crippen molar-refractivity contribution in [2.45, 2.75) is 13.0 Å². The predicted octanol–water partition coefficient (Wildman–Crippen LogP) is 1.56. The second kappa shape index (κ2) is 8.45. The molecular weight excluding hydrogens is 246 g/mol. The molecule has 18 heavy (non-hydrogen) atoms. The van der Waals surface area contributed by atoms with Crippen molar-refractivity contribution in [3.8, 4) is 6.07 Å². The molecule has 0 unspecified atom stereocenters. The molecule has 0 saturated heterocycles. The zero-order chi connectivity index (χ0) is 13.2. The van der Waals surface area contributed by atoms with Gasteiger partial charge in [-0.05, 0) is 36.3 Å². The van der Waals surface area contributed by atoms with Crippen LogP contribution in [-0.2, 0) is 11.3 Å². The maximum absolute atomic E-state index is 8.68. The highest BCUT2D eigenvalue weighted by Gasteiger charge is 1.97. The molecule has 4 nitrogen and oxygen atoms in total. The van der Waals surface area contributed by atoms with Crippen LogP contribution in [-0.4, -0.2) is 25.4 Å². The number of benzene rings is 1. The summed E-state index contributed by atoms with van der Waals surface area (Å²) in [4.78, 5) is 0. The maximum atomic E-state index is 8.68. The molecule has 0 amide bonds. The molecule has 0 aliphatic heterocycles. The minimum Gasteiger partial charge on any atom is -0.385 e. The van der Waals surface area contributed by atoms with Gasteiger partial charge in [0.1, 0.15) is 0 Å². The van der Waals surface area contributed by atoms with Crippen molar-refractivity contribution >= 4 is 17.3 Å². The van der Waals surface area contributed by atoms with E-state index in [4.69, 9.17) is 22.2 Å². The Hall–Kier alpha value is -1.64. The summed E-state index contributed by atoms with van der Waals surface area (Å²) in [5, 5.41) is 15.5. The highest BCUT2D eigenvalue weighted by Crippen LogP contribution is 2.02. The molecular formula is C13H17N3OS. The Morgan fingerprint density at radius 2 is 2.06 bits per heavy atom. The fourth-order valence-corrected chi connectivity index (χ4v) is 1.53. The summed E-state index contributed by atoms with van der Waals surface area (Å²) in [5.41, 5.74) is 1.76. The number of nitrogens with zero attached hydrogens (tertiary/aromatic N) is 1. The molecule has 0 fully saturated rings. The van der Waals surface area contributed by atoms with Crippen molar-refractivity contribution in [1.82, 2.24) is 10.6 Å². The molecule has 0 aliphatic rings. The summed E-state index contributed by atoms with van der Waals surface area (Å²) in [6.07, 6.45) is 0.926. The Bertz CT molecular complexity index is 411. The van der Waals surface area contributed by atoms with Crippen LogP contribution < -0.4 is 10.6 Å². The molecule has 0 aromatic heterocycles. The van der Waals surface area contributed by atoms with Crippen LogP contribution in [0.4, 0.5) is 0 Å². The Morgan fingerprint density at radius 3 is 2.67 bits per heavy atom. The first-order valence-electron chi connectivity index (χ1n) is 5.76. The third-order valence-corrected chi connectivity index (χ3v) is 2.64. The van der Waals surface area contributed by atoms with Crippen LogP contribution in [0.3, 0.4) is 0 Å². The van der Waals surface area contributed by atoms with E-state index in [-0.39, 0.29) is 0 Å². The van der Waals surface area contributed by atoms with Gasteiger partial charge in [0.05, 0.1) is 11.6 Å². The van der Waals surface area contributed by atoms with Gasteiger partial charge in [0.15, 0.2) is 5.11 Å². The molecule has 0 aliphatic carbocycles. The number of hydrogen-bond acceptors (Lipinski definition) is 3. The van der Waals surface area contributed by atoms with Gasteiger partial charge < -0.3 is 15.4 Å². The third kappa shape index (κ3) is 5.62. The molecule has 0 radical (unpaired) electrons. The minimum absolute atomic E-state index is 0.635. The van der Waals surface area contributed by atoms with Gasteiger partial charge >= 0.3 is 0 Å². The molecule has 5 heteroatoms. The largest absolute Gasteiger partial charge is 0.385 e. The van der Waals surface area contributed by atoms with Crippen molar-refractivity contribution in [1.29, 1.82) is 5.26 Å². The fourth-order valence-electron chi connectivity index (χ4n) is 1.36. The molecule has 2 N–H and O–H groups in total. The van der Waals surface area contributed by atoms with Gasteiger partial charge in [-0.3, -0.25) is 0 Å². The lowest BCUT2D eigenvalue weighted by Crippen LogP contribution is -2.35. The lowest BCUT2D eigenvalue weighted by atomic mass is 10.1. The number of thiocarbonyl (C=S) groups is 1. The van der Waals surface area contributed by atoms with Crippen LogP contribution in [0, 0.1) is 11.3 Å². The highest BCUT2D eigenvalue weighted by atomic mass is 32.1. The summed E-state index contributed by atoms with van der Waals surface area (Å²) in [6, 6.07) is 9.52. The lowest BCUT2D eigenvalue weighted by Gasteiger charge is -2.10. The number of methoxy groups -OCH3 is 1. The van der Waals surface area contributed by atoms with Crippen LogP contribution in [0.5, 0.6) is 0 Å². The van der Waals surface area contributed by atoms with Gasteiger partial charge in [-0.1, -0.05) is 12.1 Å². The van der Waals surface area contributed by atoms with Gasteiger partial charge in [-0.25, -0.2) is 0 Å². The standard InChI is InChI=1S/C13H17N3OS/c1-17-8-2-7-15-13(18)16-10-12-5-3-11(9-14)4-6-12/h3-6H,2,7-8,10H2,1H3,(H2,15,16,18). The second-order valence-corrected chi connectivity index (χ2v) is 4.17. The normalized spacial score (nSPS) is 9.56. The predicted molar refractivity (Wildman–Crippen MR) is 75.1 cm³/mol. The van der Waals surface area contributed by atoms with Crippen LogP contribution in [0.1, 0.15) is 17.5 Å². The van der Waals surface area contributed by atoms with Crippen molar-refractivity contribution in [2.24, 2.45) is 0 Å². The highest BCUT2D eigenvalue weighted by molar-refractivity contribution is 7.80. The summed E-state index contributed by atoms with van der Waals surface area (Å²) in [7, 11) is 1.68. The topological polar surface area (TPSA) is 57.1 Å². The van der Waals surface area contributed by atoms with Crippen LogP contribution in [0.15, 0.2) is 24.3 Å². The number of nitrogens with one attached hydrogen (secondary N) is 2. The quantitative estimate of drug-likeness (QED) is 0.602. The summed E-state index contributed by atoms with van der Waals surface area (Å²) >= 11 is 5.14. The van der Waals surface area contributed by atoms with E-state index in [0.717, 1.165) is 25.1 Å². The first-order valence-corrected chi connectivity index (χ1v) is 6.16. The third-order valence-electron chi connectivity index (χ3n) is 2.35. The second-order valence-electron chi connectivity index (χ2n) is 3.76. The molecule has 96 valence electrons. The van der Waals surface area contributed by atoms with Crippen molar-refractivity contribution in [3.05, 3.63) is 35.4 Å². The van der Waals surface area contributed by atoms with Gasteiger partial charge in [0.25, 0.3) is 0 Å². The lowest BCUT2D eigenvalue weighted by molar-refractivity contribution is 0.195. The Morgan fingerprint density at radius 1 is 1.33 bits per heavy atom. The molecule has 1 aromatic carbocycles. The Kier molecular flexibility index (Phi) is 6.77. The number of rotatable bonds is 6. The average Bonchev–Trinajstić information content (AvgIpc) is 2.42. The van der Waals surface area contributed by atoms with Crippen molar-refractivity contribution < 1.29 is 4.74 Å². The zero-order valence-electron chi connectivity index (χ0n) is 10.4. The smallest absolute Gasteiger partial charge is 0.166 e. The van der Waals surface area contributed by atoms with E-state index < -0.39 is 0 Å². The van der Waals surface area contributed by atoms with Crippen molar-refractivity contribution in [3.63, 3.8) is 0 Å². The molecule has 0 bridgehead atoms. The van der Waals surface area contributed by atoms with Gasteiger partial charge in [0.2, 0.25) is 0 Å². The molecule has 1 aromatic rings. The van der Waals surface area contributed by atoms with Crippen molar-refractivity contribution in [2.75, 3.05) is 20.3 Å². The van der Waals surface area contributed by atoms with Crippen LogP contribution in [0.2, 0.25) is 0 Å². The first-order chi connectivity index (χ1) is 8.76. The zero-order valence-corrected chi connectivity index (χ0v) is 11.2. The number of hydrogen-bond donors (Lipinski definition) is 2. The van der Waals surface area contributed by atoms with E-state index in [1.54, 1.807) is 19.2 Å². The van der Waals surface area contributed by atoms with E-state index in [1.165, 1.54) is 0 Å². The SMILES string of the molecule is COCCCNC(=S)NCc1ccc(C#N)cc1. The molecule has 0 atom stereocenters.